The van der Waals surface area contributed by atoms with Gasteiger partial charge in [0.2, 0.25) is 0 Å². The van der Waals surface area contributed by atoms with Gasteiger partial charge in [-0.2, -0.15) is 0 Å². The summed E-state index contributed by atoms with van der Waals surface area (Å²) in [5.41, 5.74) is 3.51. The van der Waals surface area contributed by atoms with Crippen molar-refractivity contribution in [1.29, 1.82) is 0 Å². The summed E-state index contributed by atoms with van der Waals surface area (Å²) in [4.78, 5) is 16.8. The lowest BCUT2D eigenvalue weighted by atomic mass is 9.84. The fraction of sp³-hybridized carbons (Fsp3) is 0.389. The van der Waals surface area contributed by atoms with Crippen LogP contribution in [0.5, 0.6) is 0 Å². The molecule has 0 amide bonds. The zero-order valence-corrected chi connectivity index (χ0v) is 13.4. The Morgan fingerprint density at radius 1 is 1.25 bits per heavy atom. The Hall–Kier alpha value is -2.47. The summed E-state index contributed by atoms with van der Waals surface area (Å²) in [6.07, 6.45) is 7.20. The van der Waals surface area contributed by atoms with E-state index in [1.165, 1.54) is 25.9 Å². The monoisotopic (exact) mass is 321 g/mol. The number of fused-ring (bicyclic) bond motifs is 4. The molecule has 0 saturated carbocycles. The summed E-state index contributed by atoms with van der Waals surface area (Å²) in [7, 11) is 0. The van der Waals surface area contributed by atoms with E-state index < -0.39 is 0 Å². The van der Waals surface area contributed by atoms with Crippen molar-refractivity contribution in [1.82, 2.24) is 24.9 Å². The number of aromatic amines is 1. The van der Waals surface area contributed by atoms with E-state index in [4.69, 9.17) is 0 Å². The van der Waals surface area contributed by atoms with E-state index in [-0.39, 0.29) is 0 Å². The Morgan fingerprint density at radius 3 is 2.88 bits per heavy atom. The molecule has 122 valence electrons. The van der Waals surface area contributed by atoms with Crippen LogP contribution in [0.25, 0.3) is 22.2 Å². The normalized spacial score (nSPS) is 26.1. The Kier molecular flexibility index (Phi) is 3.06. The number of hydrogen-bond donors (Lipinski definition) is 1. The molecule has 3 saturated heterocycles. The van der Waals surface area contributed by atoms with Crippen LogP contribution in [0.4, 0.5) is 0 Å². The number of aldehydes is 1. The van der Waals surface area contributed by atoms with Gasteiger partial charge in [-0.3, -0.25) is 4.79 Å². The van der Waals surface area contributed by atoms with Crippen LogP contribution in [0.2, 0.25) is 0 Å². The van der Waals surface area contributed by atoms with Crippen molar-refractivity contribution in [3.05, 3.63) is 36.2 Å². The molecule has 0 spiro atoms. The fourth-order valence-electron chi connectivity index (χ4n) is 4.20. The van der Waals surface area contributed by atoms with Crippen LogP contribution in [0.3, 0.4) is 0 Å². The number of carbonyl (C=O) groups excluding carboxylic acids is 1. The van der Waals surface area contributed by atoms with Gasteiger partial charge in [0.1, 0.15) is 5.69 Å². The second kappa shape index (κ2) is 5.27. The van der Waals surface area contributed by atoms with Crippen molar-refractivity contribution in [2.24, 2.45) is 5.92 Å². The zero-order chi connectivity index (χ0) is 16.1. The molecule has 6 heteroatoms. The molecular weight excluding hydrogens is 302 g/mol. The molecule has 1 atom stereocenters. The molecular formula is C18H19N5O. The maximum absolute atomic E-state index is 11.2. The van der Waals surface area contributed by atoms with E-state index in [2.05, 4.69) is 26.4 Å². The highest BCUT2D eigenvalue weighted by atomic mass is 16.1. The summed E-state index contributed by atoms with van der Waals surface area (Å²) < 4.78 is 2.05. The Bertz CT molecular complexity index is 903. The van der Waals surface area contributed by atoms with Gasteiger partial charge in [-0.05, 0) is 44.0 Å². The molecule has 3 fully saturated rings. The van der Waals surface area contributed by atoms with Gasteiger partial charge in [0.15, 0.2) is 6.29 Å². The summed E-state index contributed by atoms with van der Waals surface area (Å²) in [6, 6.07) is 6.47. The molecule has 5 heterocycles. The molecule has 1 unspecified atom stereocenters. The second-order valence-corrected chi connectivity index (χ2v) is 6.91. The number of hydrogen-bond acceptors (Lipinski definition) is 4. The average Bonchev–Trinajstić information content (AvgIpc) is 3.29. The third kappa shape index (κ3) is 2.10. The topological polar surface area (TPSA) is 66.8 Å². The summed E-state index contributed by atoms with van der Waals surface area (Å²) in [5.74, 6) is 0.721. The van der Waals surface area contributed by atoms with Gasteiger partial charge in [0.25, 0.3) is 0 Å². The van der Waals surface area contributed by atoms with Crippen LogP contribution in [0, 0.1) is 5.92 Å². The average molecular weight is 321 g/mol. The van der Waals surface area contributed by atoms with Crippen LogP contribution >= 0.6 is 0 Å². The number of nitrogens with one attached hydrogen (secondary N) is 1. The summed E-state index contributed by atoms with van der Waals surface area (Å²) in [6.45, 7) is 3.53. The van der Waals surface area contributed by atoms with Crippen LogP contribution in [0.1, 0.15) is 29.2 Å². The molecule has 1 aromatic carbocycles. The lowest BCUT2D eigenvalue weighted by Crippen LogP contribution is -2.48. The minimum Gasteiger partial charge on any atom is -0.360 e. The Morgan fingerprint density at radius 2 is 2.12 bits per heavy atom. The second-order valence-electron chi connectivity index (χ2n) is 6.91. The first kappa shape index (κ1) is 13.9. The lowest BCUT2D eigenvalue weighted by molar-refractivity contribution is 0.0504. The van der Waals surface area contributed by atoms with Gasteiger partial charge in [-0.25, -0.2) is 4.68 Å². The maximum Gasteiger partial charge on any atom is 0.152 e. The molecule has 2 bridgehead atoms. The number of benzene rings is 1. The zero-order valence-electron chi connectivity index (χ0n) is 13.4. The SMILES string of the molecule is O=Cc1c[nH]c2ccc(-c3cn(C4CN5CCC4CC5)nn3)cc12. The minimum absolute atomic E-state index is 0.440. The highest BCUT2D eigenvalue weighted by molar-refractivity contribution is 5.98. The predicted octanol–water partition coefficient (Wildman–Crippen LogP) is 2.51. The number of nitrogens with zero attached hydrogens (tertiary/aromatic N) is 4. The van der Waals surface area contributed by atoms with E-state index in [0.717, 1.165) is 40.9 Å². The quantitative estimate of drug-likeness (QED) is 0.753. The van der Waals surface area contributed by atoms with Gasteiger partial charge in [0, 0.05) is 34.8 Å². The van der Waals surface area contributed by atoms with Gasteiger partial charge >= 0.3 is 0 Å². The van der Waals surface area contributed by atoms with Gasteiger partial charge in [-0.1, -0.05) is 11.3 Å². The smallest absolute Gasteiger partial charge is 0.152 e. The first-order valence-electron chi connectivity index (χ1n) is 8.53. The number of rotatable bonds is 3. The number of carbonyl (C=O) groups is 1. The molecule has 0 radical (unpaired) electrons. The third-order valence-electron chi connectivity index (χ3n) is 5.61. The summed E-state index contributed by atoms with van der Waals surface area (Å²) in [5, 5.41) is 9.73. The van der Waals surface area contributed by atoms with Crippen molar-refractivity contribution < 1.29 is 4.79 Å². The Balaban J connectivity index is 1.49. The first-order valence-corrected chi connectivity index (χ1v) is 8.53. The van der Waals surface area contributed by atoms with E-state index in [1.54, 1.807) is 6.20 Å². The minimum atomic E-state index is 0.440. The number of aromatic nitrogens is 4. The van der Waals surface area contributed by atoms with Crippen molar-refractivity contribution >= 4 is 17.2 Å². The molecule has 1 N–H and O–H groups in total. The van der Waals surface area contributed by atoms with E-state index >= 15 is 0 Å². The highest BCUT2D eigenvalue weighted by Crippen LogP contribution is 2.35. The predicted molar refractivity (Wildman–Crippen MR) is 90.9 cm³/mol. The van der Waals surface area contributed by atoms with Crippen molar-refractivity contribution in [3.63, 3.8) is 0 Å². The van der Waals surface area contributed by atoms with Crippen LogP contribution in [-0.2, 0) is 0 Å². The first-order chi connectivity index (χ1) is 11.8. The van der Waals surface area contributed by atoms with Gasteiger partial charge < -0.3 is 9.88 Å². The van der Waals surface area contributed by atoms with E-state index in [9.17, 15) is 4.79 Å². The number of piperidine rings is 3. The van der Waals surface area contributed by atoms with Gasteiger partial charge in [-0.15, -0.1) is 5.10 Å². The highest BCUT2D eigenvalue weighted by Gasteiger charge is 2.35. The van der Waals surface area contributed by atoms with Crippen LogP contribution in [0.15, 0.2) is 30.6 Å². The van der Waals surface area contributed by atoms with Crippen molar-refractivity contribution in [2.45, 2.75) is 18.9 Å². The van der Waals surface area contributed by atoms with E-state index in [0.29, 0.717) is 11.6 Å². The summed E-state index contributed by atoms with van der Waals surface area (Å²) >= 11 is 0. The maximum atomic E-state index is 11.2. The van der Waals surface area contributed by atoms with Crippen LogP contribution < -0.4 is 0 Å². The van der Waals surface area contributed by atoms with E-state index in [1.807, 2.05) is 22.9 Å². The van der Waals surface area contributed by atoms with Crippen LogP contribution in [-0.4, -0.2) is 50.8 Å². The molecule has 2 aromatic heterocycles. The lowest BCUT2D eigenvalue weighted by Gasteiger charge is -2.44. The largest absolute Gasteiger partial charge is 0.360 e. The fourth-order valence-corrected chi connectivity index (χ4v) is 4.20. The molecule has 3 aromatic rings. The van der Waals surface area contributed by atoms with Crippen molar-refractivity contribution in [2.75, 3.05) is 19.6 Å². The molecule has 0 aliphatic carbocycles. The van der Waals surface area contributed by atoms with Gasteiger partial charge in [0.05, 0.1) is 12.2 Å². The molecule has 6 rings (SSSR count). The molecule has 3 aliphatic rings. The van der Waals surface area contributed by atoms with Crippen molar-refractivity contribution in [3.8, 4) is 11.3 Å². The Labute approximate surface area is 139 Å². The third-order valence-corrected chi connectivity index (χ3v) is 5.61. The number of H-pyrrole nitrogens is 1. The molecule has 6 nitrogen and oxygen atoms in total. The molecule has 3 aliphatic heterocycles. The molecule has 24 heavy (non-hydrogen) atoms. The standard InChI is InChI=1S/C18H19N5O/c24-11-14-8-19-16-2-1-13(7-15(14)16)17-9-23(21-20-17)18-10-22-5-3-12(18)4-6-22/h1-2,7-9,11-12,18-19H,3-6,10H2.